The van der Waals surface area contributed by atoms with E-state index in [0.29, 0.717) is 16.7 Å². The SMILES string of the molecule is O=C(O)c1ccoc1CCC12CC3CC(CC(C3)C1)C2. The Labute approximate surface area is 119 Å². The minimum absolute atomic E-state index is 0.356. The van der Waals surface area contributed by atoms with Gasteiger partial charge in [0.25, 0.3) is 0 Å². The Hall–Kier alpha value is -1.25. The maximum Gasteiger partial charge on any atom is 0.339 e. The number of aryl methyl sites for hydroxylation is 1. The number of hydrogen-bond acceptors (Lipinski definition) is 2. The normalized spacial score (nSPS) is 38.3. The molecule has 0 saturated heterocycles. The zero-order chi connectivity index (χ0) is 13.7. The molecule has 0 radical (unpaired) electrons. The van der Waals surface area contributed by atoms with Gasteiger partial charge in [-0.3, -0.25) is 0 Å². The first kappa shape index (κ1) is 12.5. The number of carboxylic acid groups (broad SMARTS) is 1. The van der Waals surface area contributed by atoms with Crippen LogP contribution >= 0.6 is 0 Å². The predicted molar refractivity (Wildman–Crippen MR) is 74.6 cm³/mol. The second-order valence-electron chi connectivity index (χ2n) is 7.48. The molecule has 1 aromatic heterocycles. The Morgan fingerprint density at radius 1 is 1.20 bits per heavy atom. The van der Waals surface area contributed by atoms with E-state index in [1.165, 1.54) is 44.8 Å². The first-order valence-electron chi connectivity index (χ1n) is 7.93. The highest BCUT2D eigenvalue weighted by Gasteiger charge is 2.50. The molecule has 0 unspecified atom stereocenters. The van der Waals surface area contributed by atoms with Crippen molar-refractivity contribution in [1.82, 2.24) is 0 Å². The average Bonchev–Trinajstić information content (AvgIpc) is 2.83. The van der Waals surface area contributed by atoms with Gasteiger partial charge in [-0.1, -0.05) is 0 Å². The van der Waals surface area contributed by atoms with Gasteiger partial charge in [-0.25, -0.2) is 4.79 Å². The topological polar surface area (TPSA) is 50.4 Å². The number of furan rings is 1. The smallest absolute Gasteiger partial charge is 0.339 e. The van der Waals surface area contributed by atoms with Gasteiger partial charge in [-0.15, -0.1) is 0 Å². The molecule has 3 nitrogen and oxygen atoms in total. The number of carbonyl (C=O) groups is 1. The molecule has 4 aliphatic carbocycles. The standard InChI is InChI=1S/C17H22O3/c18-16(19)14-2-4-20-15(14)1-3-17-8-11-5-12(9-17)7-13(6-11)10-17/h2,4,11-13H,1,3,5-10H2,(H,18,19). The molecule has 0 aliphatic heterocycles. The van der Waals surface area contributed by atoms with E-state index in [2.05, 4.69) is 0 Å². The Morgan fingerprint density at radius 3 is 2.35 bits per heavy atom. The van der Waals surface area contributed by atoms with Gasteiger partial charge in [0.15, 0.2) is 0 Å². The van der Waals surface area contributed by atoms with E-state index in [0.717, 1.165) is 30.6 Å². The molecule has 0 atom stereocenters. The quantitative estimate of drug-likeness (QED) is 0.898. The summed E-state index contributed by atoms with van der Waals surface area (Å²) in [7, 11) is 0. The van der Waals surface area contributed by atoms with Gasteiger partial charge < -0.3 is 9.52 Å². The van der Waals surface area contributed by atoms with Crippen molar-refractivity contribution in [3.05, 3.63) is 23.7 Å². The molecule has 4 saturated carbocycles. The summed E-state index contributed by atoms with van der Waals surface area (Å²) in [6.07, 6.45) is 11.9. The van der Waals surface area contributed by atoms with Crippen LogP contribution in [-0.2, 0) is 6.42 Å². The van der Waals surface area contributed by atoms with E-state index in [4.69, 9.17) is 9.52 Å². The lowest BCUT2D eigenvalue weighted by atomic mass is 9.48. The maximum atomic E-state index is 11.1. The molecule has 4 bridgehead atoms. The van der Waals surface area contributed by atoms with Crippen LogP contribution in [0.4, 0.5) is 0 Å². The van der Waals surface area contributed by atoms with E-state index in [9.17, 15) is 4.79 Å². The monoisotopic (exact) mass is 274 g/mol. The van der Waals surface area contributed by atoms with Crippen molar-refractivity contribution >= 4 is 5.97 Å². The number of hydrogen-bond donors (Lipinski definition) is 1. The van der Waals surface area contributed by atoms with Crippen LogP contribution in [0.25, 0.3) is 0 Å². The minimum atomic E-state index is -0.862. The molecular formula is C17H22O3. The molecule has 0 spiro atoms. The second kappa shape index (κ2) is 4.37. The summed E-state index contributed by atoms with van der Waals surface area (Å²) >= 11 is 0. The van der Waals surface area contributed by atoms with Crippen LogP contribution < -0.4 is 0 Å². The molecule has 3 heteroatoms. The van der Waals surface area contributed by atoms with Crippen molar-refractivity contribution in [3.8, 4) is 0 Å². The fourth-order valence-electron chi connectivity index (χ4n) is 5.70. The van der Waals surface area contributed by atoms with E-state index >= 15 is 0 Å². The molecule has 0 aromatic carbocycles. The average molecular weight is 274 g/mol. The lowest BCUT2D eigenvalue weighted by molar-refractivity contribution is -0.0575. The maximum absolute atomic E-state index is 11.1. The third-order valence-corrected chi connectivity index (χ3v) is 6.02. The van der Waals surface area contributed by atoms with Crippen molar-refractivity contribution in [2.75, 3.05) is 0 Å². The molecule has 4 fully saturated rings. The zero-order valence-electron chi connectivity index (χ0n) is 11.8. The highest BCUT2D eigenvalue weighted by molar-refractivity contribution is 5.88. The lowest BCUT2D eigenvalue weighted by Gasteiger charge is -2.57. The summed E-state index contributed by atoms with van der Waals surface area (Å²) < 4.78 is 5.41. The van der Waals surface area contributed by atoms with Crippen molar-refractivity contribution in [1.29, 1.82) is 0 Å². The van der Waals surface area contributed by atoms with Gasteiger partial charge in [0.1, 0.15) is 11.3 Å². The molecule has 1 aromatic rings. The molecule has 108 valence electrons. The number of carboxylic acids is 1. The lowest BCUT2D eigenvalue weighted by Crippen LogP contribution is -2.46. The molecule has 4 aliphatic rings. The van der Waals surface area contributed by atoms with Crippen LogP contribution in [0.15, 0.2) is 16.7 Å². The Bertz CT molecular complexity index is 493. The van der Waals surface area contributed by atoms with Gasteiger partial charge in [-0.2, -0.15) is 0 Å². The van der Waals surface area contributed by atoms with Crippen LogP contribution in [0.1, 0.15) is 61.1 Å². The Morgan fingerprint density at radius 2 is 1.80 bits per heavy atom. The summed E-state index contributed by atoms with van der Waals surface area (Å²) in [4.78, 5) is 11.1. The fraction of sp³-hybridized carbons (Fsp3) is 0.706. The van der Waals surface area contributed by atoms with Crippen LogP contribution in [-0.4, -0.2) is 11.1 Å². The third-order valence-electron chi connectivity index (χ3n) is 6.02. The first-order valence-corrected chi connectivity index (χ1v) is 7.93. The fourth-order valence-corrected chi connectivity index (χ4v) is 5.70. The summed E-state index contributed by atoms with van der Waals surface area (Å²) in [5.74, 6) is 2.68. The van der Waals surface area contributed by atoms with Crippen LogP contribution in [0.3, 0.4) is 0 Å². The van der Waals surface area contributed by atoms with E-state index in [1.807, 2.05) is 0 Å². The second-order valence-corrected chi connectivity index (χ2v) is 7.48. The molecule has 1 N–H and O–H groups in total. The summed E-state index contributed by atoms with van der Waals surface area (Å²) in [5.41, 5.74) is 0.854. The highest BCUT2D eigenvalue weighted by Crippen LogP contribution is 2.61. The summed E-state index contributed by atoms with van der Waals surface area (Å²) in [6, 6.07) is 1.58. The van der Waals surface area contributed by atoms with Gasteiger partial charge in [0.2, 0.25) is 0 Å². The molecule has 5 rings (SSSR count). The zero-order valence-corrected chi connectivity index (χ0v) is 11.8. The summed E-state index contributed by atoms with van der Waals surface area (Å²) in [5, 5.41) is 9.16. The molecule has 1 heterocycles. The van der Waals surface area contributed by atoms with Gasteiger partial charge in [0.05, 0.1) is 6.26 Å². The van der Waals surface area contributed by atoms with Crippen molar-refractivity contribution in [3.63, 3.8) is 0 Å². The Balaban J connectivity index is 1.49. The number of rotatable bonds is 4. The van der Waals surface area contributed by atoms with Crippen molar-refractivity contribution in [2.24, 2.45) is 23.2 Å². The first-order chi connectivity index (χ1) is 9.63. The van der Waals surface area contributed by atoms with Gasteiger partial charge >= 0.3 is 5.97 Å². The highest BCUT2D eigenvalue weighted by atomic mass is 16.4. The van der Waals surface area contributed by atoms with Gasteiger partial charge in [-0.05, 0) is 74.2 Å². The number of aromatic carboxylic acids is 1. The summed E-state index contributed by atoms with van der Waals surface area (Å²) in [6.45, 7) is 0. The van der Waals surface area contributed by atoms with Gasteiger partial charge in [0, 0.05) is 6.42 Å². The largest absolute Gasteiger partial charge is 0.478 e. The minimum Gasteiger partial charge on any atom is -0.478 e. The molecular weight excluding hydrogens is 252 g/mol. The van der Waals surface area contributed by atoms with Crippen molar-refractivity contribution < 1.29 is 14.3 Å². The predicted octanol–water partition coefficient (Wildman–Crippen LogP) is 4.13. The third kappa shape index (κ3) is 1.99. The van der Waals surface area contributed by atoms with Crippen LogP contribution in [0, 0.1) is 23.2 Å². The van der Waals surface area contributed by atoms with Crippen LogP contribution in [0.5, 0.6) is 0 Å². The van der Waals surface area contributed by atoms with Crippen LogP contribution in [0.2, 0.25) is 0 Å². The Kier molecular flexibility index (Phi) is 2.73. The van der Waals surface area contributed by atoms with E-state index in [1.54, 1.807) is 6.07 Å². The molecule has 20 heavy (non-hydrogen) atoms. The van der Waals surface area contributed by atoms with E-state index < -0.39 is 5.97 Å². The van der Waals surface area contributed by atoms with E-state index in [-0.39, 0.29) is 0 Å². The van der Waals surface area contributed by atoms with Crippen molar-refractivity contribution in [2.45, 2.75) is 51.4 Å². The molecule has 0 amide bonds.